The van der Waals surface area contributed by atoms with Gasteiger partial charge in [0, 0.05) is 5.71 Å². The van der Waals surface area contributed by atoms with Gasteiger partial charge < -0.3 is 10.1 Å². The van der Waals surface area contributed by atoms with Crippen molar-refractivity contribution in [3.8, 4) is 0 Å². The Morgan fingerprint density at radius 3 is 2.72 bits per heavy atom. The van der Waals surface area contributed by atoms with Crippen LogP contribution in [0.25, 0.3) is 0 Å². The lowest BCUT2D eigenvalue weighted by molar-refractivity contribution is -0.143. The molecule has 0 aliphatic carbocycles. The number of aliphatic imine (C=N–C) groups is 2. The molecule has 1 N–H and O–H groups in total. The van der Waals surface area contributed by atoms with Crippen molar-refractivity contribution in [2.75, 3.05) is 17.7 Å². The third-order valence-corrected chi connectivity index (χ3v) is 4.19. The summed E-state index contributed by atoms with van der Waals surface area (Å²) in [4.78, 5) is 42.9. The van der Waals surface area contributed by atoms with Gasteiger partial charge in [-0.15, -0.1) is 0 Å². The smallest absolute Gasteiger partial charge is 0.367 e. The Hall–Kier alpha value is -2.55. The predicted octanol–water partition coefficient (Wildman–Crippen LogP) is 2.67. The van der Waals surface area contributed by atoms with Crippen molar-refractivity contribution in [3.05, 3.63) is 30.1 Å². The lowest BCUT2D eigenvalue weighted by atomic mass is 10.1. The summed E-state index contributed by atoms with van der Waals surface area (Å²) < 4.78 is 18.5. The van der Waals surface area contributed by atoms with Gasteiger partial charge in [0.15, 0.2) is 0 Å². The lowest BCUT2D eigenvalue weighted by Gasteiger charge is -2.19. The van der Waals surface area contributed by atoms with E-state index in [1.54, 1.807) is 13.0 Å². The number of hydrogen-bond acceptors (Lipinski definition) is 5. The number of benzene rings is 1. The lowest BCUT2D eigenvalue weighted by Crippen LogP contribution is -2.34. The van der Waals surface area contributed by atoms with E-state index < -0.39 is 29.6 Å². The highest BCUT2D eigenvalue weighted by Gasteiger charge is 2.33. The molecule has 0 spiro atoms. The van der Waals surface area contributed by atoms with E-state index in [9.17, 15) is 18.8 Å². The van der Waals surface area contributed by atoms with E-state index in [1.807, 2.05) is 0 Å². The van der Waals surface area contributed by atoms with Crippen LogP contribution in [-0.4, -0.2) is 41.0 Å². The fourth-order valence-corrected chi connectivity index (χ4v) is 3.01. The first-order valence-electron chi connectivity index (χ1n) is 7.44. The molecule has 0 aromatic heterocycles. The fourth-order valence-electron chi connectivity index (χ4n) is 2.08. The van der Waals surface area contributed by atoms with Gasteiger partial charge in [-0.2, -0.15) is 9.98 Å². The van der Waals surface area contributed by atoms with Gasteiger partial charge in [0.25, 0.3) is 0 Å². The van der Waals surface area contributed by atoms with Crippen molar-refractivity contribution in [1.82, 2.24) is 0 Å². The van der Waals surface area contributed by atoms with Crippen LogP contribution in [0.15, 0.2) is 34.3 Å². The van der Waals surface area contributed by atoms with Crippen LogP contribution >= 0.6 is 11.8 Å². The first-order chi connectivity index (χ1) is 11.9. The van der Waals surface area contributed by atoms with E-state index in [0.29, 0.717) is 0 Å². The maximum atomic E-state index is 13.5. The molecule has 7 nitrogen and oxygen atoms in total. The molecule has 1 heterocycles. The number of anilines is 1. The van der Waals surface area contributed by atoms with Crippen molar-refractivity contribution in [2.45, 2.75) is 13.8 Å². The van der Waals surface area contributed by atoms with Crippen LogP contribution < -0.4 is 5.32 Å². The number of para-hydroxylation sites is 1. The molecule has 1 aliphatic heterocycles. The average molecular weight is 365 g/mol. The number of ether oxygens (including phenoxy) is 1. The summed E-state index contributed by atoms with van der Waals surface area (Å²) in [7, 11) is 0. The van der Waals surface area contributed by atoms with E-state index in [0.717, 1.165) is 11.8 Å². The number of esters is 1. The fraction of sp³-hybridized carbons (Fsp3) is 0.312. The molecule has 1 unspecified atom stereocenters. The Morgan fingerprint density at radius 1 is 1.32 bits per heavy atom. The van der Waals surface area contributed by atoms with Gasteiger partial charge in [-0.25, -0.2) is 9.18 Å². The number of nitrogens with one attached hydrogen (secondary N) is 1. The Morgan fingerprint density at radius 2 is 2.04 bits per heavy atom. The van der Waals surface area contributed by atoms with Gasteiger partial charge in [-0.05, 0) is 26.0 Å². The summed E-state index contributed by atoms with van der Waals surface area (Å²) in [6.07, 6.45) is 0. The third kappa shape index (κ3) is 4.96. The number of nitrogens with zero attached hydrogens (tertiary/aromatic N) is 2. The minimum absolute atomic E-state index is 0.0504. The first-order valence-corrected chi connectivity index (χ1v) is 8.42. The maximum absolute atomic E-state index is 13.5. The van der Waals surface area contributed by atoms with Gasteiger partial charge in [-0.3, -0.25) is 9.59 Å². The topological polar surface area (TPSA) is 97.2 Å². The molecule has 0 saturated heterocycles. The van der Waals surface area contributed by atoms with E-state index >= 15 is 0 Å². The van der Waals surface area contributed by atoms with Crippen LogP contribution in [0.4, 0.5) is 14.9 Å². The highest BCUT2D eigenvalue weighted by atomic mass is 32.2. The monoisotopic (exact) mass is 365 g/mol. The molecule has 0 radical (unpaired) electrons. The standard InChI is InChI=1S/C16H16FN3O4S/c1-3-24-15(22)13-9(2)18-16(23)20-14(13)25-8-12(21)19-11-7-5-4-6-10(11)17/h4-7,13H,3,8H2,1-2H3,(H,19,21). The Bertz CT molecular complexity index is 764. The van der Waals surface area contributed by atoms with Crippen molar-refractivity contribution in [3.63, 3.8) is 0 Å². The minimum atomic E-state index is -0.913. The van der Waals surface area contributed by atoms with Gasteiger partial charge in [-0.1, -0.05) is 23.9 Å². The molecule has 1 aromatic carbocycles. The molecule has 1 atom stereocenters. The third-order valence-electron chi connectivity index (χ3n) is 3.16. The second-order valence-electron chi connectivity index (χ2n) is 4.99. The SMILES string of the molecule is CCOC(=O)C1C(C)=NC(=O)N=C1SCC(=O)Nc1ccccc1F. The zero-order valence-electron chi connectivity index (χ0n) is 13.6. The average Bonchev–Trinajstić information content (AvgIpc) is 2.54. The van der Waals surface area contributed by atoms with Gasteiger partial charge in [0.1, 0.15) is 11.7 Å². The highest BCUT2D eigenvalue weighted by Crippen LogP contribution is 2.22. The maximum Gasteiger partial charge on any atom is 0.367 e. The predicted molar refractivity (Wildman–Crippen MR) is 93.6 cm³/mol. The molecular weight excluding hydrogens is 349 g/mol. The van der Waals surface area contributed by atoms with E-state index in [2.05, 4.69) is 15.3 Å². The molecule has 25 heavy (non-hydrogen) atoms. The molecule has 9 heteroatoms. The summed E-state index contributed by atoms with van der Waals surface area (Å²) in [5, 5.41) is 2.56. The van der Waals surface area contributed by atoms with Crippen LogP contribution in [0.5, 0.6) is 0 Å². The largest absolute Gasteiger partial charge is 0.465 e. The van der Waals surface area contributed by atoms with Crippen LogP contribution in [0.1, 0.15) is 13.8 Å². The number of carbonyl (C=O) groups is 3. The van der Waals surface area contributed by atoms with Gasteiger partial charge in [0.05, 0.1) is 23.1 Å². The molecule has 0 fully saturated rings. The second-order valence-corrected chi connectivity index (χ2v) is 5.98. The number of thioether (sulfide) groups is 1. The Balaban J connectivity index is 2.04. The molecule has 2 rings (SSSR count). The molecule has 0 bridgehead atoms. The number of rotatable bonds is 5. The first kappa shape index (κ1) is 18.8. The summed E-state index contributed by atoms with van der Waals surface area (Å²) in [5.41, 5.74) is 0.310. The van der Waals surface area contributed by atoms with Crippen LogP contribution in [0.3, 0.4) is 0 Å². The second kappa shape index (κ2) is 8.52. The number of carbonyl (C=O) groups excluding carboxylic acids is 3. The minimum Gasteiger partial charge on any atom is -0.465 e. The molecule has 0 saturated carbocycles. The summed E-state index contributed by atoms with van der Waals surface area (Å²) in [6.45, 7) is 3.35. The molecule has 1 aliphatic rings. The number of amides is 3. The van der Waals surface area contributed by atoms with Crippen molar-refractivity contribution >= 4 is 46.1 Å². The number of urea groups is 1. The molecule has 1 aromatic rings. The number of halogens is 1. The van der Waals surface area contributed by atoms with Crippen molar-refractivity contribution in [2.24, 2.45) is 15.9 Å². The Kier molecular flexibility index (Phi) is 6.40. The van der Waals surface area contributed by atoms with Crippen molar-refractivity contribution < 1.29 is 23.5 Å². The van der Waals surface area contributed by atoms with E-state index in [4.69, 9.17) is 4.74 Å². The van der Waals surface area contributed by atoms with Gasteiger partial charge in [0.2, 0.25) is 5.91 Å². The van der Waals surface area contributed by atoms with Crippen LogP contribution in [-0.2, 0) is 14.3 Å². The normalized spacial score (nSPS) is 16.8. The Labute approximate surface area is 147 Å². The van der Waals surface area contributed by atoms with Crippen LogP contribution in [0.2, 0.25) is 0 Å². The van der Waals surface area contributed by atoms with Gasteiger partial charge >= 0.3 is 12.0 Å². The van der Waals surface area contributed by atoms with Crippen molar-refractivity contribution in [1.29, 1.82) is 0 Å². The summed E-state index contributed by atoms with van der Waals surface area (Å²) in [6, 6.07) is 5.01. The summed E-state index contributed by atoms with van der Waals surface area (Å²) in [5.74, 6) is -2.70. The highest BCUT2D eigenvalue weighted by molar-refractivity contribution is 8.14. The molecular formula is C16H16FN3O4S. The summed E-state index contributed by atoms with van der Waals surface area (Å²) >= 11 is 0.913. The van der Waals surface area contributed by atoms with E-state index in [-0.39, 0.29) is 28.8 Å². The molecule has 3 amide bonds. The zero-order chi connectivity index (χ0) is 18.4. The molecule has 132 valence electrons. The number of hydrogen-bond donors (Lipinski definition) is 1. The van der Waals surface area contributed by atoms with E-state index in [1.165, 1.54) is 25.1 Å². The van der Waals surface area contributed by atoms with Crippen LogP contribution in [0, 0.1) is 11.7 Å². The quantitative estimate of drug-likeness (QED) is 0.809. The zero-order valence-corrected chi connectivity index (χ0v) is 14.4.